The van der Waals surface area contributed by atoms with Crippen molar-refractivity contribution in [2.24, 2.45) is 5.92 Å². The minimum absolute atomic E-state index is 0.703. The van der Waals surface area contributed by atoms with Crippen molar-refractivity contribution in [2.45, 2.75) is 46.3 Å². The fourth-order valence-electron chi connectivity index (χ4n) is 3.31. The second-order valence-corrected chi connectivity index (χ2v) is 8.01. The Labute approximate surface area is 134 Å². The zero-order chi connectivity index (χ0) is 15.4. The Morgan fingerprint density at radius 1 is 1.38 bits per heavy atom. The second-order valence-electron chi connectivity index (χ2n) is 6.67. The molecule has 0 aliphatic carbocycles. The van der Waals surface area contributed by atoms with Gasteiger partial charge >= 0.3 is 0 Å². The molecule has 0 aromatic carbocycles. The molecule has 2 unspecified atom stereocenters. The smallest absolute Gasteiger partial charge is 0.0299 e. The Kier molecular flexibility index (Phi) is 6.23. The van der Waals surface area contributed by atoms with Gasteiger partial charge in [0.2, 0.25) is 0 Å². The number of likely N-dealkylation sites (tertiary alicyclic amines) is 1. The third-order valence-corrected chi connectivity index (χ3v) is 5.60. The van der Waals surface area contributed by atoms with Crippen molar-refractivity contribution in [1.29, 1.82) is 0 Å². The van der Waals surface area contributed by atoms with E-state index in [2.05, 4.69) is 56.0 Å². The van der Waals surface area contributed by atoms with Crippen LogP contribution in [0.15, 0.2) is 6.07 Å². The highest BCUT2D eigenvalue weighted by Crippen LogP contribution is 2.26. The summed E-state index contributed by atoms with van der Waals surface area (Å²) >= 11 is 1.96. The van der Waals surface area contributed by atoms with E-state index in [4.69, 9.17) is 0 Å². The van der Waals surface area contributed by atoms with Gasteiger partial charge in [0.1, 0.15) is 0 Å². The lowest BCUT2D eigenvalue weighted by atomic mass is 10.1. The maximum Gasteiger partial charge on any atom is 0.0299 e. The van der Waals surface area contributed by atoms with E-state index in [1.165, 1.54) is 34.8 Å². The van der Waals surface area contributed by atoms with E-state index in [0.29, 0.717) is 6.04 Å². The molecule has 4 heteroatoms. The molecule has 0 saturated carbocycles. The highest BCUT2D eigenvalue weighted by Gasteiger charge is 2.31. The number of rotatable bonds is 7. The number of likely N-dealkylation sites (N-methyl/N-ethyl adjacent to an activating group) is 1. The van der Waals surface area contributed by atoms with Crippen LogP contribution in [0.5, 0.6) is 0 Å². The fraction of sp³-hybridized carbons (Fsp3) is 0.765. The van der Waals surface area contributed by atoms with Crippen LogP contribution in [-0.4, -0.2) is 49.6 Å². The van der Waals surface area contributed by atoms with E-state index in [9.17, 15) is 0 Å². The fourth-order valence-corrected chi connectivity index (χ4v) is 4.33. The minimum atomic E-state index is 0.703. The molecule has 0 amide bonds. The molecule has 1 fully saturated rings. The van der Waals surface area contributed by atoms with E-state index in [1.54, 1.807) is 0 Å². The van der Waals surface area contributed by atoms with Crippen molar-refractivity contribution >= 4 is 11.3 Å². The van der Waals surface area contributed by atoms with Crippen molar-refractivity contribution in [3.05, 3.63) is 21.4 Å². The van der Waals surface area contributed by atoms with Crippen LogP contribution in [0.1, 0.15) is 35.6 Å². The highest BCUT2D eigenvalue weighted by molar-refractivity contribution is 7.12. The van der Waals surface area contributed by atoms with Crippen molar-refractivity contribution in [1.82, 2.24) is 15.1 Å². The van der Waals surface area contributed by atoms with Gasteiger partial charge in [0.25, 0.3) is 0 Å². The summed E-state index contributed by atoms with van der Waals surface area (Å²) in [5, 5.41) is 3.50. The molecule has 3 nitrogen and oxygen atoms in total. The molecule has 2 rings (SSSR count). The standard InChI is InChI=1S/C17H31N3S/c1-6-7-18-9-16-8-15(14(3)21-16)11-20-10-13(2)17(12-20)19(4)5/h8,13,17-18H,6-7,9-12H2,1-5H3. The molecule has 0 bridgehead atoms. The Hall–Kier alpha value is -0.420. The SMILES string of the molecule is CCCNCc1cc(CN2CC(C)C(N(C)C)C2)c(C)s1. The molecular formula is C17H31N3S. The summed E-state index contributed by atoms with van der Waals surface area (Å²) in [6.07, 6.45) is 1.20. The zero-order valence-electron chi connectivity index (χ0n) is 14.3. The highest BCUT2D eigenvalue weighted by atomic mass is 32.1. The Morgan fingerprint density at radius 2 is 2.14 bits per heavy atom. The maximum absolute atomic E-state index is 3.50. The van der Waals surface area contributed by atoms with E-state index in [0.717, 1.165) is 25.6 Å². The third-order valence-electron chi connectivity index (χ3n) is 4.50. The van der Waals surface area contributed by atoms with E-state index in [-0.39, 0.29) is 0 Å². The van der Waals surface area contributed by atoms with E-state index >= 15 is 0 Å². The van der Waals surface area contributed by atoms with Gasteiger partial charge in [-0.2, -0.15) is 0 Å². The first-order valence-corrected chi connectivity index (χ1v) is 9.00. The third kappa shape index (κ3) is 4.52. The molecular weight excluding hydrogens is 278 g/mol. The summed E-state index contributed by atoms with van der Waals surface area (Å²) in [6, 6.07) is 3.12. The molecule has 2 atom stereocenters. The van der Waals surface area contributed by atoms with Gasteiger partial charge in [0, 0.05) is 42.0 Å². The molecule has 1 aromatic heterocycles. The Balaban J connectivity index is 1.91. The Morgan fingerprint density at radius 3 is 2.76 bits per heavy atom. The maximum atomic E-state index is 3.50. The molecule has 0 spiro atoms. The van der Waals surface area contributed by atoms with Crippen molar-refractivity contribution in [3.63, 3.8) is 0 Å². The summed E-state index contributed by atoms with van der Waals surface area (Å²) in [5.41, 5.74) is 1.53. The number of hydrogen-bond acceptors (Lipinski definition) is 4. The lowest BCUT2D eigenvalue weighted by molar-refractivity contribution is 0.250. The van der Waals surface area contributed by atoms with Gasteiger partial charge in [-0.1, -0.05) is 13.8 Å². The van der Waals surface area contributed by atoms with Gasteiger partial charge in [-0.15, -0.1) is 11.3 Å². The van der Waals surface area contributed by atoms with Gasteiger partial charge < -0.3 is 10.2 Å². The molecule has 1 aromatic rings. The number of nitrogens with zero attached hydrogens (tertiary/aromatic N) is 2. The van der Waals surface area contributed by atoms with Gasteiger partial charge in [0.05, 0.1) is 0 Å². The number of hydrogen-bond donors (Lipinski definition) is 1. The van der Waals surface area contributed by atoms with Crippen LogP contribution in [-0.2, 0) is 13.1 Å². The van der Waals surface area contributed by atoms with Crippen LogP contribution >= 0.6 is 11.3 Å². The van der Waals surface area contributed by atoms with E-state index < -0.39 is 0 Å². The van der Waals surface area contributed by atoms with Crippen molar-refractivity contribution < 1.29 is 0 Å². The summed E-state index contributed by atoms with van der Waals surface area (Å²) in [6.45, 7) is 12.5. The predicted molar refractivity (Wildman–Crippen MR) is 93.0 cm³/mol. The van der Waals surface area contributed by atoms with Gasteiger partial charge in [-0.25, -0.2) is 0 Å². The predicted octanol–water partition coefficient (Wildman–Crippen LogP) is 2.94. The zero-order valence-corrected chi connectivity index (χ0v) is 15.1. The lowest BCUT2D eigenvalue weighted by Gasteiger charge is -2.22. The molecule has 1 aliphatic rings. The minimum Gasteiger partial charge on any atom is -0.312 e. The van der Waals surface area contributed by atoms with Gasteiger partial charge in [0.15, 0.2) is 0 Å². The van der Waals surface area contributed by atoms with Crippen LogP contribution in [0.4, 0.5) is 0 Å². The summed E-state index contributed by atoms with van der Waals surface area (Å²) < 4.78 is 0. The summed E-state index contributed by atoms with van der Waals surface area (Å²) in [7, 11) is 4.41. The van der Waals surface area contributed by atoms with Crippen LogP contribution in [0.3, 0.4) is 0 Å². The summed E-state index contributed by atoms with van der Waals surface area (Å²) in [5.74, 6) is 0.768. The molecule has 120 valence electrons. The normalized spacial score (nSPS) is 23.3. The quantitative estimate of drug-likeness (QED) is 0.781. The van der Waals surface area contributed by atoms with Crippen LogP contribution < -0.4 is 5.32 Å². The lowest BCUT2D eigenvalue weighted by Crippen LogP contribution is -2.34. The van der Waals surface area contributed by atoms with Crippen molar-refractivity contribution in [3.8, 4) is 0 Å². The molecule has 21 heavy (non-hydrogen) atoms. The molecule has 1 aliphatic heterocycles. The van der Waals surface area contributed by atoms with Crippen LogP contribution in [0, 0.1) is 12.8 Å². The number of aryl methyl sites for hydroxylation is 1. The average Bonchev–Trinajstić information content (AvgIpc) is 2.94. The number of nitrogens with one attached hydrogen (secondary N) is 1. The topological polar surface area (TPSA) is 18.5 Å². The molecule has 2 heterocycles. The van der Waals surface area contributed by atoms with Crippen LogP contribution in [0.2, 0.25) is 0 Å². The summed E-state index contributed by atoms with van der Waals surface area (Å²) in [4.78, 5) is 7.97. The first-order chi connectivity index (χ1) is 10.0. The van der Waals surface area contributed by atoms with Gasteiger partial charge in [-0.3, -0.25) is 4.90 Å². The average molecular weight is 310 g/mol. The van der Waals surface area contributed by atoms with E-state index in [1.807, 2.05) is 11.3 Å². The van der Waals surface area contributed by atoms with Crippen LogP contribution in [0.25, 0.3) is 0 Å². The molecule has 0 radical (unpaired) electrons. The second kappa shape index (κ2) is 7.73. The van der Waals surface area contributed by atoms with Crippen molar-refractivity contribution in [2.75, 3.05) is 33.7 Å². The number of thiophene rings is 1. The first kappa shape index (κ1) is 16.9. The molecule has 1 N–H and O–H groups in total. The largest absolute Gasteiger partial charge is 0.312 e. The molecule has 1 saturated heterocycles. The monoisotopic (exact) mass is 309 g/mol. The first-order valence-electron chi connectivity index (χ1n) is 8.19. The Bertz CT molecular complexity index is 441. The van der Waals surface area contributed by atoms with Gasteiger partial charge in [-0.05, 0) is 51.5 Å².